The van der Waals surface area contributed by atoms with Crippen molar-refractivity contribution in [2.24, 2.45) is 17.8 Å². The molecule has 94 valence electrons. The summed E-state index contributed by atoms with van der Waals surface area (Å²) in [5.74, 6) is 2.57. The molecule has 1 saturated carbocycles. The fourth-order valence-electron chi connectivity index (χ4n) is 3.39. The molecule has 2 fully saturated rings. The number of nitrogens with one attached hydrogen (secondary N) is 1. The van der Waals surface area contributed by atoms with E-state index in [-0.39, 0.29) is 0 Å². The minimum Gasteiger partial charge on any atom is -0.316 e. The van der Waals surface area contributed by atoms with Crippen molar-refractivity contribution in [3.63, 3.8) is 0 Å². The number of nitrogens with zero attached hydrogens (tertiary/aromatic N) is 1. The van der Waals surface area contributed by atoms with Crippen LogP contribution in [0.1, 0.15) is 40.0 Å². The first-order valence-corrected chi connectivity index (χ1v) is 7.10. The van der Waals surface area contributed by atoms with Gasteiger partial charge in [-0.1, -0.05) is 20.8 Å². The third-order valence-electron chi connectivity index (χ3n) is 4.26. The zero-order chi connectivity index (χ0) is 11.5. The number of rotatable bonds is 1. The van der Waals surface area contributed by atoms with Gasteiger partial charge in [0, 0.05) is 19.1 Å². The van der Waals surface area contributed by atoms with Gasteiger partial charge in [-0.15, -0.1) is 0 Å². The zero-order valence-electron chi connectivity index (χ0n) is 11.2. The Morgan fingerprint density at radius 1 is 0.875 bits per heavy atom. The van der Waals surface area contributed by atoms with E-state index in [4.69, 9.17) is 0 Å². The SMILES string of the molecule is CC1CCC(N2CC(C)CNCC(C)C2)C1. The van der Waals surface area contributed by atoms with Gasteiger partial charge in [0.05, 0.1) is 0 Å². The van der Waals surface area contributed by atoms with E-state index in [0.717, 1.165) is 23.8 Å². The summed E-state index contributed by atoms with van der Waals surface area (Å²) in [5, 5.41) is 3.58. The summed E-state index contributed by atoms with van der Waals surface area (Å²) in [6.45, 7) is 12.2. The lowest BCUT2D eigenvalue weighted by Crippen LogP contribution is -2.46. The van der Waals surface area contributed by atoms with E-state index >= 15 is 0 Å². The van der Waals surface area contributed by atoms with Gasteiger partial charge in [-0.2, -0.15) is 0 Å². The third-order valence-corrected chi connectivity index (χ3v) is 4.26. The Bertz CT molecular complexity index is 205. The van der Waals surface area contributed by atoms with E-state index in [0.29, 0.717) is 0 Å². The van der Waals surface area contributed by atoms with Gasteiger partial charge in [0.1, 0.15) is 0 Å². The van der Waals surface area contributed by atoms with Gasteiger partial charge < -0.3 is 5.32 Å². The smallest absolute Gasteiger partial charge is 0.00981 e. The molecule has 0 aromatic heterocycles. The fraction of sp³-hybridized carbons (Fsp3) is 1.00. The Morgan fingerprint density at radius 3 is 2.00 bits per heavy atom. The molecule has 4 atom stereocenters. The molecule has 4 unspecified atom stereocenters. The Hall–Kier alpha value is -0.0800. The van der Waals surface area contributed by atoms with E-state index in [1.165, 1.54) is 45.4 Å². The summed E-state index contributed by atoms with van der Waals surface area (Å²) >= 11 is 0. The molecular weight excluding hydrogens is 196 g/mol. The highest BCUT2D eigenvalue weighted by Gasteiger charge is 2.29. The standard InChI is InChI=1S/C14H28N2/c1-11-4-5-14(6-11)16-9-12(2)7-15-8-13(3)10-16/h11-15H,4-10H2,1-3H3. The minimum absolute atomic E-state index is 0.809. The van der Waals surface area contributed by atoms with Crippen LogP contribution in [0.3, 0.4) is 0 Å². The monoisotopic (exact) mass is 224 g/mol. The van der Waals surface area contributed by atoms with Crippen LogP contribution in [0, 0.1) is 17.8 Å². The van der Waals surface area contributed by atoms with E-state index in [1.807, 2.05) is 0 Å². The third kappa shape index (κ3) is 3.21. The Morgan fingerprint density at radius 2 is 1.50 bits per heavy atom. The normalized spacial score (nSPS) is 42.9. The van der Waals surface area contributed by atoms with Crippen molar-refractivity contribution in [2.45, 2.75) is 46.1 Å². The van der Waals surface area contributed by atoms with Gasteiger partial charge >= 0.3 is 0 Å². The van der Waals surface area contributed by atoms with Crippen LogP contribution < -0.4 is 5.32 Å². The molecule has 2 nitrogen and oxygen atoms in total. The summed E-state index contributed by atoms with van der Waals surface area (Å²) in [4.78, 5) is 2.79. The highest BCUT2D eigenvalue weighted by atomic mass is 15.2. The van der Waals surface area contributed by atoms with Crippen LogP contribution in [0.5, 0.6) is 0 Å². The maximum absolute atomic E-state index is 3.58. The summed E-state index contributed by atoms with van der Waals surface area (Å²) in [6, 6.07) is 0.887. The molecule has 0 bridgehead atoms. The largest absolute Gasteiger partial charge is 0.316 e. The van der Waals surface area contributed by atoms with Crippen LogP contribution in [0.25, 0.3) is 0 Å². The lowest BCUT2D eigenvalue weighted by atomic mass is 10.0. The van der Waals surface area contributed by atoms with Crippen molar-refractivity contribution in [1.29, 1.82) is 0 Å². The van der Waals surface area contributed by atoms with Crippen molar-refractivity contribution in [2.75, 3.05) is 26.2 Å². The Balaban J connectivity index is 1.93. The first-order chi connectivity index (χ1) is 7.65. The lowest BCUT2D eigenvalue weighted by molar-refractivity contribution is 0.133. The Kier molecular flexibility index (Phi) is 4.26. The van der Waals surface area contributed by atoms with E-state index in [2.05, 4.69) is 31.0 Å². The summed E-state index contributed by atoms with van der Waals surface area (Å²) in [7, 11) is 0. The molecule has 0 aromatic rings. The molecule has 2 rings (SSSR count). The topological polar surface area (TPSA) is 15.3 Å². The molecule has 1 N–H and O–H groups in total. The molecule has 2 aliphatic rings. The number of hydrogen-bond acceptors (Lipinski definition) is 2. The predicted molar refractivity (Wildman–Crippen MR) is 69.6 cm³/mol. The highest BCUT2D eigenvalue weighted by molar-refractivity contribution is 4.84. The predicted octanol–water partition coefficient (Wildman–Crippen LogP) is 2.35. The maximum atomic E-state index is 3.58. The van der Waals surface area contributed by atoms with Crippen LogP contribution in [0.2, 0.25) is 0 Å². The van der Waals surface area contributed by atoms with Gasteiger partial charge in [-0.25, -0.2) is 0 Å². The highest BCUT2D eigenvalue weighted by Crippen LogP contribution is 2.30. The van der Waals surface area contributed by atoms with Gasteiger partial charge in [-0.3, -0.25) is 4.90 Å². The quantitative estimate of drug-likeness (QED) is 0.735. The van der Waals surface area contributed by atoms with E-state index < -0.39 is 0 Å². The number of hydrogen-bond donors (Lipinski definition) is 1. The lowest BCUT2D eigenvalue weighted by Gasteiger charge is -2.36. The minimum atomic E-state index is 0.809. The summed E-state index contributed by atoms with van der Waals surface area (Å²) < 4.78 is 0. The van der Waals surface area contributed by atoms with Gasteiger partial charge in [-0.05, 0) is 50.1 Å². The average Bonchev–Trinajstić information content (AvgIpc) is 2.61. The molecule has 0 amide bonds. The van der Waals surface area contributed by atoms with Crippen molar-refractivity contribution in [1.82, 2.24) is 10.2 Å². The molecule has 0 aromatic carbocycles. The molecule has 16 heavy (non-hydrogen) atoms. The van der Waals surface area contributed by atoms with Crippen molar-refractivity contribution in [3.8, 4) is 0 Å². The second kappa shape index (κ2) is 5.50. The van der Waals surface area contributed by atoms with E-state index in [1.54, 1.807) is 0 Å². The molecule has 1 saturated heterocycles. The van der Waals surface area contributed by atoms with Crippen LogP contribution in [0.4, 0.5) is 0 Å². The summed E-state index contributed by atoms with van der Waals surface area (Å²) in [5.41, 5.74) is 0. The van der Waals surface area contributed by atoms with Gasteiger partial charge in [0.25, 0.3) is 0 Å². The molecule has 1 aliphatic carbocycles. The van der Waals surface area contributed by atoms with Crippen LogP contribution in [-0.2, 0) is 0 Å². The molecule has 1 aliphatic heterocycles. The summed E-state index contributed by atoms with van der Waals surface area (Å²) in [6.07, 6.45) is 4.32. The molecule has 0 spiro atoms. The average molecular weight is 224 g/mol. The second-order valence-corrected chi connectivity index (χ2v) is 6.39. The van der Waals surface area contributed by atoms with Gasteiger partial charge in [0.2, 0.25) is 0 Å². The first kappa shape index (κ1) is 12.4. The molecular formula is C14H28N2. The van der Waals surface area contributed by atoms with E-state index in [9.17, 15) is 0 Å². The van der Waals surface area contributed by atoms with Crippen LogP contribution in [0.15, 0.2) is 0 Å². The van der Waals surface area contributed by atoms with Crippen molar-refractivity contribution < 1.29 is 0 Å². The Labute approximate surface area is 101 Å². The molecule has 1 heterocycles. The van der Waals surface area contributed by atoms with Crippen molar-refractivity contribution >= 4 is 0 Å². The van der Waals surface area contributed by atoms with Gasteiger partial charge in [0.15, 0.2) is 0 Å². The fourth-order valence-corrected chi connectivity index (χ4v) is 3.39. The van der Waals surface area contributed by atoms with Crippen LogP contribution in [-0.4, -0.2) is 37.1 Å². The second-order valence-electron chi connectivity index (χ2n) is 6.39. The zero-order valence-corrected chi connectivity index (χ0v) is 11.2. The van der Waals surface area contributed by atoms with Crippen molar-refractivity contribution in [3.05, 3.63) is 0 Å². The molecule has 2 heteroatoms. The van der Waals surface area contributed by atoms with Crippen LogP contribution >= 0.6 is 0 Å². The maximum Gasteiger partial charge on any atom is 0.00981 e. The first-order valence-electron chi connectivity index (χ1n) is 7.10. The molecule has 0 radical (unpaired) electrons.